The Morgan fingerprint density at radius 1 is 1.24 bits per heavy atom. The highest BCUT2D eigenvalue weighted by atomic mass is 19.1. The molecule has 3 rings (SSSR count). The first-order valence-electron chi connectivity index (χ1n) is 8.84. The summed E-state index contributed by atoms with van der Waals surface area (Å²) < 4.78 is 15.2. The number of benzene rings is 1. The Balaban J connectivity index is 1.53. The van der Waals surface area contributed by atoms with Crippen molar-refractivity contribution in [1.82, 2.24) is 20.0 Å². The van der Waals surface area contributed by atoms with Crippen molar-refractivity contribution in [2.45, 2.75) is 20.3 Å². The van der Waals surface area contributed by atoms with Gasteiger partial charge in [-0.15, -0.1) is 0 Å². The molecule has 1 aromatic heterocycles. The van der Waals surface area contributed by atoms with E-state index >= 15 is 0 Å². The average molecular weight is 344 g/mol. The highest BCUT2D eigenvalue weighted by Gasteiger charge is 2.21. The normalized spacial score (nSPS) is 21.2. The van der Waals surface area contributed by atoms with Crippen LogP contribution in [0.2, 0.25) is 0 Å². The van der Waals surface area contributed by atoms with E-state index < -0.39 is 0 Å². The number of nitrogens with one attached hydrogen (secondary N) is 1. The van der Waals surface area contributed by atoms with Gasteiger partial charge in [-0.05, 0) is 36.5 Å². The van der Waals surface area contributed by atoms with E-state index in [1.54, 1.807) is 30.5 Å². The molecule has 0 radical (unpaired) electrons. The second-order valence-corrected chi connectivity index (χ2v) is 7.06. The summed E-state index contributed by atoms with van der Waals surface area (Å²) in [5.41, 5.74) is 0.626. The van der Waals surface area contributed by atoms with Crippen molar-refractivity contribution in [1.29, 1.82) is 0 Å². The molecule has 2 aromatic rings. The number of hydrogen-bond donors (Lipinski definition) is 1. The third kappa shape index (κ3) is 4.45. The first-order valence-corrected chi connectivity index (χ1v) is 8.84. The van der Waals surface area contributed by atoms with Crippen molar-refractivity contribution in [3.05, 3.63) is 48.0 Å². The van der Waals surface area contributed by atoms with Gasteiger partial charge in [-0.25, -0.2) is 9.07 Å². The van der Waals surface area contributed by atoms with Crippen LogP contribution in [0.5, 0.6) is 0 Å². The quantitative estimate of drug-likeness (QED) is 0.907. The Labute approximate surface area is 147 Å². The lowest BCUT2D eigenvalue weighted by atomic mass is 9.92. The van der Waals surface area contributed by atoms with Crippen LogP contribution in [0.15, 0.2) is 36.5 Å². The van der Waals surface area contributed by atoms with Crippen LogP contribution in [-0.2, 0) is 0 Å². The summed E-state index contributed by atoms with van der Waals surface area (Å²) in [5.74, 6) is 0.811. The van der Waals surface area contributed by atoms with Gasteiger partial charge in [0, 0.05) is 32.4 Å². The SMILES string of the molecule is CC1CC(C)CN(CCNC(=O)c2ccn(-c3ccccc3F)n2)C1. The molecule has 1 saturated heterocycles. The minimum absolute atomic E-state index is 0.229. The summed E-state index contributed by atoms with van der Waals surface area (Å²) in [6.45, 7) is 8.15. The molecule has 1 aromatic carbocycles. The predicted molar refractivity (Wildman–Crippen MR) is 95.2 cm³/mol. The van der Waals surface area contributed by atoms with Crippen LogP contribution in [0.1, 0.15) is 30.8 Å². The van der Waals surface area contributed by atoms with Gasteiger partial charge in [0.15, 0.2) is 5.69 Å². The standard InChI is InChI=1S/C19H25FN4O/c1-14-11-15(2)13-23(12-14)10-8-21-19(25)17-7-9-24(22-17)18-6-4-3-5-16(18)20/h3-7,9,14-15H,8,10-13H2,1-2H3,(H,21,25). The molecule has 2 heterocycles. The number of carbonyl (C=O) groups excluding carboxylic acids is 1. The van der Waals surface area contributed by atoms with E-state index in [1.165, 1.54) is 17.2 Å². The fourth-order valence-corrected chi connectivity index (χ4v) is 3.61. The highest BCUT2D eigenvalue weighted by Crippen LogP contribution is 2.20. The monoisotopic (exact) mass is 344 g/mol. The number of rotatable bonds is 5. The Kier molecular flexibility index (Phi) is 5.48. The van der Waals surface area contributed by atoms with Crippen molar-refractivity contribution in [3.8, 4) is 5.69 Å². The minimum atomic E-state index is -0.370. The van der Waals surface area contributed by atoms with Gasteiger partial charge < -0.3 is 10.2 Å². The molecule has 1 aliphatic rings. The molecule has 0 aliphatic carbocycles. The number of hydrogen-bond acceptors (Lipinski definition) is 3. The zero-order chi connectivity index (χ0) is 17.8. The average Bonchev–Trinajstić information content (AvgIpc) is 3.04. The molecular weight excluding hydrogens is 319 g/mol. The van der Waals surface area contributed by atoms with Gasteiger partial charge in [0.1, 0.15) is 11.5 Å². The Morgan fingerprint density at radius 3 is 2.68 bits per heavy atom. The summed E-state index contributed by atoms with van der Waals surface area (Å²) in [5, 5.41) is 7.09. The lowest BCUT2D eigenvalue weighted by Crippen LogP contribution is -2.42. The van der Waals surface area contributed by atoms with Gasteiger partial charge in [-0.2, -0.15) is 5.10 Å². The summed E-state index contributed by atoms with van der Waals surface area (Å²) in [4.78, 5) is 14.6. The largest absolute Gasteiger partial charge is 0.349 e. The molecule has 0 bridgehead atoms. The van der Waals surface area contributed by atoms with Gasteiger partial charge in [0.25, 0.3) is 5.91 Å². The summed E-state index contributed by atoms with van der Waals surface area (Å²) >= 11 is 0. The van der Waals surface area contributed by atoms with Crippen LogP contribution >= 0.6 is 0 Å². The van der Waals surface area contributed by atoms with Crippen LogP contribution in [0, 0.1) is 17.7 Å². The summed E-state index contributed by atoms with van der Waals surface area (Å²) in [7, 11) is 0. The third-order valence-corrected chi connectivity index (χ3v) is 4.58. The second-order valence-electron chi connectivity index (χ2n) is 7.06. The molecule has 2 atom stereocenters. The predicted octanol–water partition coefficient (Wildman–Crippen LogP) is 2.72. The number of aromatic nitrogens is 2. The Morgan fingerprint density at radius 2 is 1.96 bits per heavy atom. The molecule has 0 saturated carbocycles. The second kappa shape index (κ2) is 7.78. The zero-order valence-corrected chi connectivity index (χ0v) is 14.8. The summed E-state index contributed by atoms with van der Waals surface area (Å²) in [6, 6.07) is 7.96. The molecule has 25 heavy (non-hydrogen) atoms. The van der Waals surface area contributed by atoms with Gasteiger partial charge >= 0.3 is 0 Å². The Bertz CT molecular complexity index is 720. The smallest absolute Gasteiger partial charge is 0.271 e. The third-order valence-electron chi connectivity index (χ3n) is 4.58. The molecule has 1 amide bonds. The van der Waals surface area contributed by atoms with Crippen LogP contribution < -0.4 is 5.32 Å². The maximum atomic E-state index is 13.8. The topological polar surface area (TPSA) is 50.2 Å². The van der Waals surface area contributed by atoms with E-state index in [-0.39, 0.29) is 11.7 Å². The molecular formula is C19H25FN4O. The number of nitrogens with zero attached hydrogens (tertiary/aromatic N) is 3. The molecule has 1 N–H and O–H groups in total. The van der Waals surface area contributed by atoms with Crippen molar-refractivity contribution in [2.24, 2.45) is 11.8 Å². The lowest BCUT2D eigenvalue weighted by molar-refractivity contribution is 0.0931. The van der Waals surface area contributed by atoms with E-state index in [0.29, 0.717) is 29.8 Å². The number of para-hydroxylation sites is 1. The lowest BCUT2D eigenvalue weighted by Gasteiger charge is -2.34. The van der Waals surface area contributed by atoms with Gasteiger partial charge in [-0.1, -0.05) is 26.0 Å². The molecule has 0 spiro atoms. The number of amides is 1. The van der Waals surface area contributed by atoms with E-state index in [2.05, 4.69) is 29.2 Å². The first kappa shape index (κ1) is 17.6. The maximum absolute atomic E-state index is 13.8. The minimum Gasteiger partial charge on any atom is -0.349 e. The molecule has 1 aliphatic heterocycles. The molecule has 2 unspecified atom stereocenters. The molecule has 6 heteroatoms. The molecule has 5 nitrogen and oxygen atoms in total. The summed E-state index contributed by atoms with van der Waals surface area (Å²) in [6.07, 6.45) is 2.87. The van der Waals surface area contributed by atoms with E-state index in [4.69, 9.17) is 0 Å². The van der Waals surface area contributed by atoms with E-state index in [9.17, 15) is 9.18 Å². The van der Waals surface area contributed by atoms with Crippen LogP contribution in [0.3, 0.4) is 0 Å². The van der Waals surface area contributed by atoms with Crippen molar-refractivity contribution < 1.29 is 9.18 Å². The number of piperidine rings is 1. The number of halogens is 1. The van der Waals surface area contributed by atoms with Gasteiger partial charge in [-0.3, -0.25) is 4.79 Å². The van der Waals surface area contributed by atoms with Gasteiger partial charge in [0.2, 0.25) is 0 Å². The van der Waals surface area contributed by atoms with Crippen molar-refractivity contribution >= 4 is 5.91 Å². The van der Waals surface area contributed by atoms with Gasteiger partial charge in [0.05, 0.1) is 0 Å². The first-order chi connectivity index (χ1) is 12.0. The Hall–Kier alpha value is -2.21. The van der Waals surface area contributed by atoms with Crippen LogP contribution in [0.4, 0.5) is 4.39 Å². The van der Waals surface area contributed by atoms with Crippen LogP contribution in [0.25, 0.3) is 5.69 Å². The fraction of sp³-hybridized carbons (Fsp3) is 0.474. The van der Waals surface area contributed by atoms with Crippen molar-refractivity contribution in [2.75, 3.05) is 26.2 Å². The maximum Gasteiger partial charge on any atom is 0.271 e. The highest BCUT2D eigenvalue weighted by molar-refractivity contribution is 5.92. The van der Waals surface area contributed by atoms with E-state index in [0.717, 1.165) is 19.6 Å². The van der Waals surface area contributed by atoms with E-state index in [1.807, 2.05) is 0 Å². The number of likely N-dealkylation sites (tertiary alicyclic amines) is 1. The molecule has 134 valence electrons. The molecule has 1 fully saturated rings. The van der Waals surface area contributed by atoms with Crippen LogP contribution in [-0.4, -0.2) is 46.8 Å². The fourth-order valence-electron chi connectivity index (χ4n) is 3.61. The van der Waals surface area contributed by atoms with Crippen molar-refractivity contribution in [3.63, 3.8) is 0 Å². The number of carbonyl (C=O) groups is 1. The zero-order valence-electron chi connectivity index (χ0n) is 14.8.